The van der Waals surface area contributed by atoms with E-state index in [1.165, 1.54) is 19.3 Å². The molecule has 1 aromatic heterocycles. The molecule has 0 bridgehead atoms. The summed E-state index contributed by atoms with van der Waals surface area (Å²) in [4.78, 5) is 13.3. The van der Waals surface area contributed by atoms with Crippen LogP contribution in [0.2, 0.25) is 0 Å². The molecule has 2 rings (SSSR count). The number of hydrogen-bond acceptors (Lipinski definition) is 1. The molecule has 0 saturated heterocycles. The van der Waals surface area contributed by atoms with Gasteiger partial charge in [0.2, 0.25) is 0 Å². The average Bonchev–Trinajstić information content (AvgIpc) is 2.44. The molecule has 70 valence electrons. The minimum Gasteiger partial charge on any atom is -0.477 e. The predicted octanol–water partition coefficient (Wildman–Crippen LogP) is 2.06. The van der Waals surface area contributed by atoms with Crippen molar-refractivity contribution >= 4 is 5.97 Å². The second kappa shape index (κ2) is 3.24. The summed E-state index contributed by atoms with van der Waals surface area (Å²) in [6.45, 7) is 0. The van der Waals surface area contributed by atoms with Crippen molar-refractivity contribution in [3.8, 4) is 0 Å². The summed E-state index contributed by atoms with van der Waals surface area (Å²) in [5.41, 5.74) is 1.43. The number of nitrogens with one attached hydrogen (secondary N) is 1. The van der Waals surface area contributed by atoms with Crippen LogP contribution in [0.15, 0.2) is 12.3 Å². The molecule has 1 heterocycles. The summed E-state index contributed by atoms with van der Waals surface area (Å²) in [5, 5.41) is 8.67. The molecule has 0 spiro atoms. The lowest BCUT2D eigenvalue weighted by Gasteiger charge is -2.24. The summed E-state index contributed by atoms with van der Waals surface area (Å²) < 4.78 is 0. The molecule has 0 aliphatic heterocycles. The van der Waals surface area contributed by atoms with Crippen molar-refractivity contribution in [1.82, 2.24) is 4.98 Å². The molecule has 3 nitrogen and oxygen atoms in total. The summed E-state index contributed by atoms with van der Waals surface area (Å²) >= 11 is 0. The van der Waals surface area contributed by atoms with E-state index in [0.717, 1.165) is 17.9 Å². The SMILES string of the molecule is O=C(O)c1cc(CC2CCC2)c[nH]1. The topological polar surface area (TPSA) is 53.1 Å². The van der Waals surface area contributed by atoms with Crippen molar-refractivity contribution in [2.45, 2.75) is 25.7 Å². The van der Waals surface area contributed by atoms with Crippen LogP contribution in [0.5, 0.6) is 0 Å². The molecule has 0 atom stereocenters. The van der Waals surface area contributed by atoms with Crippen molar-refractivity contribution in [3.63, 3.8) is 0 Å². The minimum absolute atomic E-state index is 0.300. The molecule has 1 fully saturated rings. The zero-order valence-electron chi connectivity index (χ0n) is 7.42. The number of rotatable bonds is 3. The molecule has 13 heavy (non-hydrogen) atoms. The number of hydrogen-bond donors (Lipinski definition) is 2. The first-order valence-electron chi connectivity index (χ1n) is 4.66. The molecule has 1 aliphatic carbocycles. The van der Waals surface area contributed by atoms with Crippen LogP contribution in [-0.4, -0.2) is 16.1 Å². The summed E-state index contributed by atoms with van der Waals surface area (Å²) in [7, 11) is 0. The number of carboxylic acid groups (broad SMARTS) is 1. The maximum absolute atomic E-state index is 10.6. The Morgan fingerprint density at radius 3 is 2.85 bits per heavy atom. The van der Waals surface area contributed by atoms with E-state index in [9.17, 15) is 4.79 Å². The first-order chi connectivity index (χ1) is 6.25. The third kappa shape index (κ3) is 1.74. The van der Waals surface area contributed by atoms with Gasteiger partial charge in [0.05, 0.1) is 0 Å². The number of H-pyrrole nitrogens is 1. The Balaban J connectivity index is 2.00. The van der Waals surface area contributed by atoms with E-state index < -0.39 is 5.97 Å². The molecule has 1 aliphatic rings. The van der Waals surface area contributed by atoms with Crippen LogP contribution in [0, 0.1) is 5.92 Å². The van der Waals surface area contributed by atoms with Gasteiger partial charge >= 0.3 is 5.97 Å². The lowest BCUT2D eigenvalue weighted by molar-refractivity contribution is 0.0691. The largest absolute Gasteiger partial charge is 0.477 e. The molecular formula is C10H13NO2. The number of carbonyl (C=O) groups is 1. The first-order valence-corrected chi connectivity index (χ1v) is 4.66. The highest BCUT2D eigenvalue weighted by atomic mass is 16.4. The minimum atomic E-state index is -0.875. The zero-order valence-corrected chi connectivity index (χ0v) is 7.42. The van der Waals surface area contributed by atoms with Crippen molar-refractivity contribution in [1.29, 1.82) is 0 Å². The zero-order chi connectivity index (χ0) is 9.26. The van der Waals surface area contributed by atoms with Gasteiger partial charge in [-0.1, -0.05) is 19.3 Å². The molecule has 0 amide bonds. The highest BCUT2D eigenvalue weighted by molar-refractivity contribution is 5.85. The van der Waals surface area contributed by atoms with Gasteiger partial charge in [0.25, 0.3) is 0 Å². The van der Waals surface area contributed by atoms with Crippen LogP contribution in [0.3, 0.4) is 0 Å². The number of aromatic nitrogens is 1. The highest BCUT2D eigenvalue weighted by Gasteiger charge is 2.18. The molecule has 2 N–H and O–H groups in total. The van der Waals surface area contributed by atoms with Gasteiger partial charge in [-0.15, -0.1) is 0 Å². The molecule has 0 radical (unpaired) electrons. The van der Waals surface area contributed by atoms with E-state index in [0.29, 0.717) is 5.69 Å². The Kier molecular flexibility index (Phi) is 2.08. The number of aromatic carboxylic acids is 1. The molecule has 1 aromatic rings. The second-order valence-corrected chi connectivity index (χ2v) is 3.73. The third-order valence-electron chi connectivity index (χ3n) is 2.72. The summed E-state index contributed by atoms with van der Waals surface area (Å²) in [6.07, 6.45) is 6.77. The standard InChI is InChI=1S/C10H13NO2/c12-10(13)9-5-8(6-11-9)4-7-2-1-3-7/h5-7,11H,1-4H2,(H,12,13). The predicted molar refractivity (Wildman–Crippen MR) is 48.8 cm³/mol. The maximum Gasteiger partial charge on any atom is 0.352 e. The fraction of sp³-hybridized carbons (Fsp3) is 0.500. The van der Waals surface area contributed by atoms with Crippen LogP contribution in [-0.2, 0) is 6.42 Å². The molecule has 0 aromatic carbocycles. The molecule has 3 heteroatoms. The summed E-state index contributed by atoms with van der Waals surface area (Å²) in [6, 6.07) is 1.74. The van der Waals surface area contributed by atoms with Crippen LogP contribution in [0.4, 0.5) is 0 Å². The van der Waals surface area contributed by atoms with Crippen molar-refractivity contribution < 1.29 is 9.90 Å². The van der Waals surface area contributed by atoms with Gasteiger partial charge in [0.1, 0.15) is 5.69 Å². The molecule has 0 unspecified atom stereocenters. The van der Waals surface area contributed by atoms with Crippen LogP contribution < -0.4 is 0 Å². The van der Waals surface area contributed by atoms with E-state index in [1.807, 2.05) is 6.20 Å². The number of carboxylic acids is 1. The number of aromatic amines is 1. The van der Waals surface area contributed by atoms with Crippen LogP contribution in [0.25, 0.3) is 0 Å². The van der Waals surface area contributed by atoms with Gasteiger partial charge in [-0.05, 0) is 24.0 Å². The van der Waals surface area contributed by atoms with Crippen LogP contribution in [0.1, 0.15) is 35.3 Å². The monoisotopic (exact) mass is 179 g/mol. The quantitative estimate of drug-likeness (QED) is 0.746. The Labute approximate surface area is 76.8 Å². The normalized spacial score (nSPS) is 16.9. The van der Waals surface area contributed by atoms with Crippen molar-refractivity contribution in [2.24, 2.45) is 5.92 Å². The van der Waals surface area contributed by atoms with Crippen molar-refractivity contribution in [3.05, 3.63) is 23.5 Å². The molecule has 1 saturated carbocycles. The summed E-state index contributed by atoms with van der Waals surface area (Å²) in [5.74, 6) is -0.0858. The maximum atomic E-state index is 10.6. The van der Waals surface area contributed by atoms with Gasteiger partial charge in [0.15, 0.2) is 0 Å². The Morgan fingerprint density at radius 2 is 2.38 bits per heavy atom. The van der Waals surface area contributed by atoms with E-state index >= 15 is 0 Å². The lowest BCUT2D eigenvalue weighted by Crippen LogP contribution is -2.13. The van der Waals surface area contributed by atoms with Crippen molar-refractivity contribution in [2.75, 3.05) is 0 Å². The lowest BCUT2D eigenvalue weighted by atomic mass is 9.81. The van der Waals surface area contributed by atoms with Gasteiger partial charge in [0, 0.05) is 6.20 Å². The Bertz CT molecular complexity index is 312. The van der Waals surface area contributed by atoms with E-state index in [-0.39, 0.29) is 0 Å². The van der Waals surface area contributed by atoms with E-state index in [2.05, 4.69) is 4.98 Å². The fourth-order valence-corrected chi connectivity index (χ4v) is 1.71. The second-order valence-electron chi connectivity index (χ2n) is 3.73. The van der Waals surface area contributed by atoms with Gasteiger partial charge in [-0.25, -0.2) is 4.79 Å². The fourth-order valence-electron chi connectivity index (χ4n) is 1.71. The Hall–Kier alpha value is -1.25. The van der Waals surface area contributed by atoms with E-state index in [1.54, 1.807) is 6.07 Å². The third-order valence-corrected chi connectivity index (χ3v) is 2.72. The Morgan fingerprint density at radius 1 is 1.62 bits per heavy atom. The van der Waals surface area contributed by atoms with Gasteiger partial charge < -0.3 is 10.1 Å². The van der Waals surface area contributed by atoms with E-state index in [4.69, 9.17) is 5.11 Å². The average molecular weight is 179 g/mol. The molecular weight excluding hydrogens is 166 g/mol. The highest BCUT2D eigenvalue weighted by Crippen LogP contribution is 2.29. The van der Waals surface area contributed by atoms with Gasteiger partial charge in [-0.3, -0.25) is 0 Å². The first kappa shape index (κ1) is 8.35. The smallest absolute Gasteiger partial charge is 0.352 e. The van der Waals surface area contributed by atoms with Gasteiger partial charge in [-0.2, -0.15) is 0 Å². The van der Waals surface area contributed by atoms with Crippen LogP contribution >= 0.6 is 0 Å².